The van der Waals surface area contributed by atoms with Crippen molar-refractivity contribution in [1.29, 1.82) is 10.8 Å². The van der Waals surface area contributed by atoms with Gasteiger partial charge >= 0.3 is 0 Å². The lowest BCUT2D eigenvalue weighted by molar-refractivity contribution is -0.313. The molecule has 0 fully saturated rings. The highest BCUT2D eigenvalue weighted by Crippen LogP contribution is 2.33. The minimum Gasteiger partial charge on any atom is -0.404 e. The van der Waals surface area contributed by atoms with Crippen LogP contribution < -0.4 is 11.5 Å². The Morgan fingerprint density at radius 1 is 1.39 bits per heavy atom. The van der Waals surface area contributed by atoms with E-state index in [1.807, 2.05) is 43.4 Å². The van der Waals surface area contributed by atoms with Crippen molar-refractivity contribution in [2.45, 2.75) is 26.3 Å². The van der Waals surface area contributed by atoms with Crippen LogP contribution in [0, 0.1) is 16.7 Å². The van der Waals surface area contributed by atoms with E-state index in [-0.39, 0.29) is 12.0 Å². The van der Waals surface area contributed by atoms with E-state index in [4.69, 9.17) is 38.9 Å². The van der Waals surface area contributed by atoms with Crippen molar-refractivity contribution in [3.8, 4) is 0 Å². The molecule has 0 radical (unpaired) electrons. The topological polar surface area (TPSA) is 115 Å². The fourth-order valence-corrected chi connectivity index (χ4v) is 3.63. The Balaban J connectivity index is 2.28. The van der Waals surface area contributed by atoms with E-state index in [9.17, 15) is 0 Å². The summed E-state index contributed by atoms with van der Waals surface area (Å²) in [6.45, 7) is 3.67. The summed E-state index contributed by atoms with van der Waals surface area (Å²) >= 11 is 6.10. The van der Waals surface area contributed by atoms with E-state index in [2.05, 4.69) is 0 Å². The maximum atomic E-state index is 8.60. The Kier molecular flexibility index (Phi) is 5.61. The molecular formula is C21H24ClN6+. The van der Waals surface area contributed by atoms with Crippen LogP contribution in [0.1, 0.15) is 31.4 Å². The van der Waals surface area contributed by atoms with Crippen molar-refractivity contribution in [2.24, 2.45) is 22.4 Å². The molecule has 0 saturated carbocycles. The van der Waals surface area contributed by atoms with Gasteiger partial charge < -0.3 is 16.9 Å². The van der Waals surface area contributed by atoms with E-state index in [0.29, 0.717) is 22.3 Å². The van der Waals surface area contributed by atoms with Gasteiger partial charge in [-0.2, -0.15) is 5.41 Å². The fourth-order valence-electron chi connectivity index (χ4n) is 3.47. The second-order valence-electron chi connectivity index (χ2n) is 6.84. The number of nitrogens with zero attached hydrogens (tertiary/aromatic N) is 2. The minimum absolute atomic E-state index is 0.0371. The number of nitrogens with two attached hydrogens (primary N) is 2. The van der Waals surface area contributed by atoms with Gasteiger partial charge in [0, 0.05) is 41.4 Å². The molecule has 1 aliphatic carbocycles. The fraction of sp³-hybridized carbons (Fsp3) is 0.238. The number of fused-ring (bicyclic) bond motifs is 1. The van der Waals surface area contributed by atoms with E-state index < -0.39 is 0 Å². The van der Waals surface area contributed by atoms with Crippen LogP contribution in [0.2, 0.25) is 0 Å². The second kappa shape index (κ2) is 7.94. The van der Waals surface area contributed by atoms with Crippen LogP contribution in [0.3, 0.4) is 0 Å². The summed E-state index contributed by atoms with van der Waals surface area (Å²) in [4.78, 5) is 4.88. The molecule has 1 aromatic carbocycles. The van der Waals surface area contributed by atoms with Gasteiger partial charge in [-0.15, -0.1) is 0 Å². The molecular weight excluding hydrogens is 372 g/mol. The average Bonchev–Trinajstić information content (AvgIpc) is 2.78. The van der Waals surface area contributed by atoms with Crippen molar-refractivity contribution < 1.29 is 4.58 Å². The lowest BCUT2D eigenvalue weighted by Gasteiger charge is -2.19. The number of amidine groups is 2. The number of hydrogen-bond acceptors (Lipinski definition) is 4. The lowest BCUT2D eigenvalue weighted by atomic mass is 9.88. The monoisotopic (exact) mass is 395 g/mol. The van der Waals surface area contributed by atoms with Crippen molar-refractivity contribution >= 4 is 46.5 Å². The summed E-state index contributed by atoms with van der Waals surface area (Å²) in [5, 5.41) is 16.9. The molecule has 1 heterocycles. The predicted molar refractivity (Wildman–Crippen MR) is 117 cm³/mol. The molecule has 3 rings (SSSR count). The zero-order chi connectivity index (χ0) is 20.4. The number of nitrogens with one attached hydrogen (secondary N) is 2. The maximum absolute atomic E-state index is 8.60. The van der Waals surface area contributed by atoms with Gasteiger partial charge in [0.25, 0.3) is 5.84 Å². The summed E-state index contributed by atoms with van der Waals surface area (Å²) < 4.78 is 1.73. The SMILES string of the molecule is CC(N)=[N+]1C(=N)[C@H](C)N=C(C2C=CC(Cl)=CC2)c2cc(/C(C=N)=C/N)ccc21. The first-order valence-electron chi connectivity index (χ1n) is 9.03. The van der Waals surface area contributed by atoms with Gasteiger partial charge in [0.1, 0.15) is 11.7 Å². The molecule has 0 spiro atoms. The summed E-state index contributed by atoms with van der Waals surface area (Å²) in [5.74, 6) is 0.861. The Morgan fingerprint density at radius 3 is 2.71 bits per heavy atom. The zero-order valence-electron chi connectivity index (χ0n) is 15.9. The number of benzene rings is 1. The second-order valence-corrected chi connectivity index (χ2v) is 7.28. The molecule has 7 heteroatoms. The van der Waals surface area contributed by atoms with E-state index in [0.717, 1.165) is 28.9 Å². The third kappa shape index (κ3) is 3.55. The first kappa shape index (κ1) is 19.8. The smallest absolute Gasteiger partial charge is 0.259 e. The normalized spacial score (nSPS) is 24.1. The Morgan fingerprint density at radius 2 is 2.14 bits per heavy atom. The summed E-state index contributed by atoms with van der Waals surface area (Å²) in [6, 6.07) is 5.40. The van der Waals surface area contributed by atoms with Gasteiger partial charge in [0.05, 0.1) is 5.71 Å². The molecule has 6 N–H and O–H groups in total. The van der Waals surface area contributed by atoms with E-state index >= 15 is 0 Å². The number of benzodiazepines with no additional fused rings is 1. The molecule has 6 nitrogen and oxygen atoms in total. The number of rotatable bonds is 3. The quantitative estimate of drug-likeness (QED) is 0.356. The molecule has 0 aromatic heterocycles. The van der Waals surface area contributed by atoms with Gasteiger partial charge in [-0.25, -0.2) is 4.58 Å². The summed E-state index contributed by atoms with van der Waals surface area (Å²) in [5.41, 5.74) is 15.8. The Bertz CT molecular complexity index is 992. The van der Waals surface area contributed by atoms with Gasteiger partial charge in [-0.05, 0) is 37.1 Å². The standard InChI is InChI=1S/C21H23ClN6/c1-12-21(26)28(13(2)25)19-8-5-15(16(10-23)11-24)9-18(19)20(27-12)14-3-6-17(22)7-4-14/h3,5-12,14,25-26H,4H2,1-2H3,(H3,23,24)/p+1/t12-,14?/m0/s1. The van der Waals surface area contributed by atoms with Crippen LogP contribution in [-0.4, -0.2) is 34.2 Å². The first-order valence-corrected chi connectivity index (χ1v) is 9.41. The highest BCUT2D eigenvalue weighted by Gasteiger charge is 2.31. The Labute approximate surface area is 169 Å². The Hall–Kier alpha value is -2.99. The summed E-state index contributed by atoms with van der Waals surface area (Å²) in [7, 11) is 0. The van der Waals surface area contributed by atoms with Crippen LogP contribution in [0.4, 0.5) is 5.69 Å². The molecule has 0 bridgehead atoms. The van der Waals surface area contributed by atoms with E-state index in [1.54, 1.807) is 11.5 Å². The molecule has 2 aliphatic rings. The van der Waals surface area contributed by atoms with Gasteiger partial charge in [0.15, 0.2) is 5.84 Å². The van der Waals surface area contributed by atoms with Crippen LogP contribution in [0.25, 0.3) is 5.57 Å². The predicted octanol–water partition coefficient (Wildman–Crippen LogP) is 3.52. The highest BCUT2D eigenvalue weighted by molar-refractivity contribution is 6.31. The van der Waals surface area contributed by atoms with Gasteiger partial charge in [0.2, 0.25) is 0 Å². The number of halogens is 1. The molecule has 0 amide bonds. The van der Waals surface area contributed by atoms with Crippen LogP contribution >= 0.6 is 11.6 Å². The number of allylic oxidation sites excluding steroid dienone is 5. The van der Waals surface area contributed by atoms with Gasteiger partial charge in [-0.1, -0.05) is 29.8 Å². The van der Waals surface area contributed by atoms with Crippen molar-refractivity contribution in [3.05, 3.63) is 58.8 Å². The molecule has 144 valence electrons. The number of aliphatic imine (C=N–C) groups is 1. The minimum atomic E-state index is -0.355. The third-order valence-electron chi connectivity index (χ3n) is 4.91. The molecule has 1 unspecified atom stereocenters. The molecule has 2 atom stereocenters. The maximum Gasteiger partial charge on any atom is 0.259 e. The highest BCUT2D eigenvalue weighted by atomic mass is 35.5. The first-order chi connectivity index (χ1) is 13.4. The number of hydrogen-bond donors (Lipinski definition) is 4. The molecule has 28 heavy (non-hydrogen) atoms. The summed E-state index contributed by atoms with van der Waals surface area (Å²) in [6.07, 6.45) is 9.25. The van der Waals surface area contributed by atoms with Gasteiger partial charge in [-0.3, -0.25) is 4.99 Å². The van der Waals surface area contributed by atoms with Crippen LogP contribution in [0.15, 0.2) is 52.7 Å². The largest absolute Gasteiger partial charge is 0.404 e. The van der Waals surface area contributed by atoms with Crippen LogP contribution in [-0.2, 0) is 0 Å². The van der Waals surface area contributed by atoms with E-state index in [1.165, 1.54) is 12.4 Å². The van der Waals surface area contributed by atoms with Crippen molar-refractivity contribution in [1.82, 2.24) is 0 Å². The van der Waals surface area contributed by atoms with Crippen molar-refractivity contribution in [3.63, 3.8) is 0 Å². The van der Waals surface area contributed by atoms with Crippen molar-refractivity contribution in [2.75, 3.05) is 0 Å². The third-order valence-corrected chi connectivity index (χ3v) is 5.19. The molecule has 0 saturated heterocycles. The molecule has 1 aliphatic heterocycles. The zero-order valence-corrected chi connectivity index (χ0v) is 16.7. The van der Waals surface area contributed by atoms with Crippen LogP contribution in [0.5, 0.6) is 0 Å². The molecule has 1 aromatic rings. The lowest BCUT2D eigenvalue weighted by Crippen LogP contribution is -2.32. The average molecular weight is 396 g/mol.